The number of aliphatic hydroxyl groups excluding tert-OH is 4. The molecular weight excluding hydrogens is 324 g/mol. The molecule has 0 saturated carbocycles. The zero-order chi connectivity index (χ0) is 17.6. The van der Waals surface area contributed by atoms with E-state index in [4.69, 9.17) is 5.11 Å². The molecule has 0 aliphatic rings. The standard InChI is InChI=1S/C17H16N4O4/c22-7-10(23)15(24)16(25)17-20-13-8-3-1-5-18-11(8)12-9(14(13)21-17)4-2-6-19-12/h1-6,10,15-16,22-25H,7H2,(H,20,21)/t10-,15-,16-/m1/s1. The van der Waals surface area contributed by atoms with Crippen LogP contribution in [0.25, 0.3) is 32.8 Å². The Morgan fingerprint density at radius 1 is 0.920 bits per heavy atom. The minimum Gasteiger partial charge on any atom is -0.394 e. The average Bonchev–Trinajstić information content (AvgIpc) is 3.12. The van der Waals surface area contributed by atoms with E-state index in [1.165, 1.54) is 0 Å². The highest BCUT2D eigenvalue weighted by molar-refractivity contribution is 6.20. The fourth-order valence-electron chi connectivity index (χ4n) is 2.98. The van der Waals surface area contributed by atoms with Crippen LogP contribution in [0.2, 0.25) is 0 Å². The van der Waals surface area contributed by atoms with Crippen molar-refractivity contribution in [1.82, 2.24) is 19.9 Å². The van der Waals surface area contributed by atoms with E-state index in [2.05, 4.69) is 19.9 Å². The van der Waals surface area contributed by atoms with Gasteiger partial charge in [0.2, 0.25) is 0 Å². The van der Waals surface area contributed by atoms with Gasteiger partial charge in [-0.25, -0.2) is 4.98 Å². The van der Waals surface area contributed by atoms with E-state index < -0.39 is 24.9 Å². The van der Waals surface area contributed by atoms with E-state index in [0.29, 0.717) is 22.1 Å². The maximum absolute atomic E-state index is 10.3. The van der Waals surface area contributed by atoms with Crippen LogP contribution in [0, 0.1) is 0 Å². The zero-order valence-electron chi connectivity index (χ0n) is 13.0. The number of H-pyrrole nitrogens is 1. The Morgan fingerprint density at radius 2 is 1.56 bits per heavy atom. The number of hydrogen-bond acceptors (Lipinski definition) is 7. The summed E-state index contributed by atoms with van der Waals surface area (Å²) in [5, 5.41) is 40.3. The van der Waals surface area contributed by atoms with Gasteiger partial charge in [0.15, 0.2) is 0 Å². The Kier molecular flexibility index (Phi) is 3.81. The average molecular weight is 340 g/mol. The van der Waals surface area contributed by atoms with Gasteiger partial charge < -0.3 is 25.4 Å². The first-order valence-electron chi connectivity index (χ1n) is 7.78. The third-order valence-corrected chi connectivity index (χ3v) is 4.27. The second-order valence-corrected chi connectivity index (χ2v) is 5.83. The number of imidazole rings is 1. The number of nitrogens with zero attached hydrogens (tertiary/aromatic N) is 3. The molecule has 0 saturated heterocycles. The van der Waals surface area contributed by atoms with Crippen molar-refractivity contribution in [2.75, 3.05) is 6.61 Å². The number of benzene rings is 1. The summed E-state index contributed by atoms with van der Waals surface area (Å²) in [5.41, 5.74) is 2.63. The highest BCUT2D eigenvalue weighted by atomic mass is 16.4. The first-order chi connectivity index (χ1) is 12.1. The fourth-order valence-corrected chi connectivity index (χ4v) is 2.98. The molecule has 25 heavy (non-hydrogen) atoms. The van der Waals surface area contributed by atoms with Crippen LogP contribution in [-0.4, -0.2) is 59.2 Å². The molecule has 0 unspecified atom stereocenters. The van der Waals surface area contributed by atoms with Gasteiger partial charge in [0.05, 0.1) is 28.7 Å². The van der Waals surface area contributed by atoms with E-state index in [0.717, 1.165) is 10.8 Å². The molecule has 5 N–H and O–H groups in total. The van der Waals surface area contributed by atoms with Gasteiger partial charge >= 0.3 is 0 Å². The maximum Gasteiger partial charge on any atom is 0.140 e. The molecule has 3 aromatic heterocycles. The Morgan fingerprint density at radius 3 is 2.24 bits per heavy atom. The predicted octanol–water partition coefficient (Wildman–Crippen LogP) is 0.407. The topological polar surface area (TPSA) is 135 Å². The summed E-state index contributed by atoms with van der Waals surface area (Å²) in [6.45, 7) is -0.668. The molecule has 0 bridgehead atoms. The van der Waals surface area contributed by atoms with Gasteiger partial charge in [-0.1, -0.05) is 0 Å². The monoisotopic (exact) mass is 340 g/mol. The summed E-state index contributed by atoms with van der Waals surface area (Å²) in [5.74, 6) is 0.0940. The van der Waals surface area contributed by atoms with Crippen molar-refractivity contribution in [1.29, 1.82) is 0 Å². The SMILES string of the molecule is OC[C@@H](O)[C@@H](O)[C@@H](O)c1nc2c3cccnc3c3ncccc3c2[nH]1. The van der Waals surface area contributed by atoms with E-state index >= 15 is 0 Å². The normalized spacial score (nSPS) is 15.7. The van der Waals surface area contributed by atoms with Gasteiger partial charge in [0.1, 0.15) is 24.1 Å². The smallest absolute Gasteiger partial charge is 0.140 e. The molecule has 8 nitrogen and oxygen atoms in total. The van der Waals surface area contributed by atoms with E-state index in [9.17, 15) is 15.3 Å². The third-order valence-electron chi connectivity index (χ3n) is 4.27. The molecule has 3 heterocycles. The summed E-state index contributed by atoms with van der Waals surface area (Å²) in [4.78, 5) is 16.2. The quantitative estimate of drug-likeness (QED) is 0.339. The predicted molar refractivity (Wildman–Crippen MR) is 90.8 cm³/mol. The van der Waals surface area contributed by atoms with Gasteiger partial charge in [0.25, 0.3) is 0 Å². The Bertz CT molecular complexity index is 992. The lowest BCUT2D eigenvalue weighted by molar-refractivity contribution is -0.0800. The summed E-state index contributed by atoms with van der Waals surface area (Å²) in [6, 6.07) is 7.30. The van der Waals surface area contributed by atoms with Crippen LogP contribution in [0.1, 0.15) is 11.9 Å². The van der Waals surface area contributed by atoms with Crippen LogP contribution >= 0.6 is 0 Å². The van der Waals surface area contributed by atoms with Gasteiger partial charge in [0, 0.05) is 23.2 Å². The lowest BCUT2D eigenvalue weighted by atomic mass is 10.1. The summed E-state index contributed by atoms with van der Waals surface area (Å²) >= 11 is 0. The Hall–Kier alpha value is -2.65. The molecule has 1 aromatic carbocycles. The summed E-state index contributed by atoms with van der Waals surface area (Å²) in [7, 11) is 0. The molecule has 4 aromatic rings. The van der Waals surface area contributed by atoms with Crippen LogP contribution < -0.4 is 0 Å². The molecule has 3 atom stereocenters. The maximum atomic E-state index is 10.3. The van der Waals surface area contributed by atoms with Crippen molar-refractivity contribution < 1.29 is 20.4 Å². The Labute approximate surface area is 141 Å². The molecule has 128 valence electrons. The number of aliphatic hydroxyl groups is 4. The lowest BCUT2D eigenvalue weighted by Gasteiger charge is -2.19. The minimum atomic E-state index is -1.57. The molecule has 0 fully saturated rings. The van der Waals surface area contributed by atoms with E-state index in [1.807, 2.05) is 12.1 Å². The van der Waals surface area contributed by atoms with Crippen LogP contribution in [0.15, 0.2) is 36.7 Å². The zero-order valence-corrected chi connectivity index (χ0v) is 13.0. The van der Waals surface area contributed by atoms with Crippen molar-refractivity contribution in [2.45, 2.75) is 18.3 Å². The number of fused-ring (bicyclic) bond motifs is 6. The van der Waals surface area contributed by atoms with Gasteiger partial charge in [-0.05, 0) is 24.3 Å². The molecular formula is C17H16N4O4. The number of pyridine rings is 2. The van der Waals surface area contributed by atoms with Gasteiger partial charge in [-0.15, -0.1) is 0 Å². The summed E-state index contributed by atoms with van der Waals surface area (Å²) < 4.78 is 0. The molecule has 0 aliphatic heterocycles. The fraction of sp³-hybridized carbons (Fsp3) is 0.235. The lowest BCUT2D eigenvalue weighted by Crippen LogP contribution is -2.35. The minimum absolute atomic E-state index is 0.0940. The molecule has 0 amide bonds. The van der Waals surface area contributed by atoms with Crippen molar-refractivity contribution in [3.05, 3.63) is 42.5 Å². The Balaban J connectivity index is 1.99. The highest BCUT2D eigenvalue weighted by Gasteiger charge is 2.28. The third kappa shape index (κ3) is 2.43. The van der Waals surface area contributed by atoms with Crippen molar-refractivity contribution in [2.24, 2.45) is 0 Å². The number of aromatic amines is 1. The van der Waals surface area contributed by atoms with Crippen LogP contribution in [0.4, 0.5) is 0 Å². The van der Waals surface area contributed by atoms with Crippen molar-refractivity contribution in [3.8, 4) is 0 Å². The molecule has 0 radical (unpaired) electrons. The van der Waals surface area contributed by atoms with Crippen molar-refractivity contribution in [3.63, 3.8) is 0 Å². The first kappa shape index (κ1) is 15.9. The van der Waals surface area contributed by atoms with Crippen LogP contribution in [-0.2, 0) is 0 Å². The van der Waals surface area contributed by atoms with E-state index in [1.54, 1.807) is 24.5 Å². The van der Waals surface area contributed by atoms with Gasteiger partial charge in [-0.2, -0.15) is 0 Å². The molecule has 8 heteroatoms. The number of rotatable bonds is 4. The highest BCUT2D eigenvalue weighted by Crippen LogP contribution is 2.32. The first-order valence-corrected chi connectivity index (χ1v) is 7.78. The van der Waals surface area contributed by atoms with Gasteiger partial charge in [-0.3, -0.25) is 9.97 Å². The summed E-state index contributed by atoms with van der Waals surface area (Å²) in [6.07, 6.45) is -1.17. The number of nitrogens with one attached hydrogen (secondary N) is 1. The molecule has 4 rings (SSSR count). The van der Waals surface area contributed by atoms with Crippen LogP contribution in [0.5, 0.6) is 0 Å². The second kappa shape index (κ2) is 6.01. The van der Waals surface area contributed by atoms with Crippen LogP contribution in [0.3, 0.4) is 0 Å². The second-order valence-electron chi connectivity index (χ2n) is 5.83. The molecule has 0 spiro atoms. The number of hydrogen-bond donors (Lipinski definition) is 5. The van der Waals surface area contributed by atoms with Crippen molar-refractivity contribution >= 4 is 32.8 Å². The number of aromatic nitrogens is 4. The largest absolute Gasteiger partial charge is 0.394 e. The van der Waals surface area contributed by atoms with E-state index in [-0.39, 0.29) is 5.82 Å². The molecule has 0 aliphatic carbocycles.